The van der Waals surface area contributed by atoms with E-state index >= 15 is 0 Å². The molecule has 23 heavy (non-hydrogen) atoms. The highest BCUT2D eigenvalue weighted by molar-refractivity contribution is 5.95. The molecule has 4 nitrogen and oxygen atoms in total. The Bertz CT molecular complexity index is 649. The summed E-state index contributed by atoms with van der Waals surface area (Å²) in [5, 5.41) is 3.26. The lowest BCUT2D eigenvalue weighted by Crippen LogP contribution is -2.32. The summed E-state index contributed by atoms with van der Waals surface area (Å²) in [6.07, 6.45) is 3.61. The van der Waals surface area contributed by atoms with Crippen LogP contribution in [0.25, 0.3) is 0 Å². The van der Waals surface area contributed by atoms with Crippen molar-refractivity contribution in [3.63, 3.8) is 0 Å². The zero-order chi connectivity index (χ0) is 16.7. The van der Waals surface area contributed by atoms with Gasteiger partial charge in [0.2, 0.25) is 0 Å². The molecule has 1 heterocycles. The zero-order valence-electron chi connectivity index (χ0n) is 14.2. The van der Waals surface area contributed by atoms with Crippen molar-refractivity contribution >= 4 is 17.4 Å². The third-order valence-corrected chi connectivity index (χ3v) is 3.57. The smallest absolute Gasteiger partial charge is 0.254 e. The van der Waals surface area contributed by atoms with E-state index < -0.39 is 0 Å². The van der Waals surface area contributed by atoms with Gasteiger partial charge in [-0.3, -0.25) is 4.79 Å². The molecule has 0 fully saturated rings. The lowest BCUT2D eigenvalue weighted by Gasteiger charge is -2.21. The van der Waals surface area contributed by atoms with Gasteiger partial charge in [-0.25, -0.2) is 4.98 Å². The molecule has 1 aromatic heterocycles. The summed E-state index contributed by atoms with van der Waals surface area (Å²) in [5.41, 5.74) is 2.83. The molecule has 2 rings (SSSR count). The Morgan fingerprint density at radius 1 is 1.13 bits per heavy atom. The van der Waals surface area contributed by atoms with Gasteiger partial charge in [0.25, 0.3) is 5.91 Å². The summed E-state index contributed by atoms with van der Waals surface area (Å²) < 4.78 is 0. The fraction of sp³-hybridized carbons (Fsp3) is 0.368. The van der Waals surface area contributed by atoms with Gasteiger partial charge in [-0.2, -0.15) is 0 Å². The van der Waals surface area contributed by atoms with Crippen LogP contribution < -0.4 is 5.32 Å². The first-order valence-corrected chi connectivity index (χ1v) is 8.23. The number of hydrogen-bond donors (Lipinski definition) is 1. The molecule has 0 saturated carbocycles. The minimum absolute atomic E-state index is 0.0726. The molecule has 0 aliphatic heterocycles. The van der Waals surface area contributed by atoms with Crippen LogP contribution in [0.3, 0.4) is 0 Å². The van der Waals surface area contributed by atoms with Gasteiger partial charge in [-0.1, -0.05) is 26.0 Å². The Morgan fingerprint density at radius 2 is 1.87 bits per heavy atom. The number of nitrogens with zero attached hydrogens (tertiary/aromatic N) is 2. The van der Waals surface area contributed by atoms with Crippen molar-refractivity contribution in [2.75, 3.05) is 18.4 Å². The van der Waals surface area contributed by atoms with E-state index in [1.54, 1.807) is 12.3 Å². The number of hydrogen-bond acceptors (Lipinski definition) is 3. The van der Waals surface area contributed by atoms with E-state index in [0.29, 0.717) is 11.4 Å². The number of pyridine rings is 1. The summed E-state index contributed by atoms with van der Waals surface area (Å²) in [6.45, 7) is 7.80. The maximum Gasteiger partial charge on any atom is 0.254 e. The van der Waals surface area contributed by atoms with E-state index in [-0.39, 0.29) is 5.91 Å². The highest BCUT2D eigenvalue weighted by Gasteiger charge is 2.14. The standard InChI is InChI=1S/C19H25N3O/c1-4-11-22(12-5-2)19(23)16-9-10-20-18(14-16)21-17-8-6-7-15(3)13-17/h6-10,13-14H,4-5,11-12H2,1-3H3,(H,20,21). The molecule has 0 atom stereocenters. The second-order valence-corrected chi connectivity index (χ2v) is 5.72. The van der Waals surface area contributed by atoms with Crippen LogP contribution in [0.15, 0.2) is 42.6 Å². The number of benzene rings is 1. The van der Waals surface area contributed by atoms with Gasteiger partial charge in [-0.05, 0) is 49.6 Å². The Hall–Kier alpha value is -2.36. The van der Waals surface area contributed by atoms with E-state index in [0.717, 1.165) is 31.6 Å². The first-order chi connectivity index (χ1) is 11.1. The summed E-state index contributed by atoms with van der Waals surface area (Å²) in [5.74, 6) is 0.762. The number of carbonyl (C=O) groups excluding carboxylic acids is 1. The van der Waals surface area contributed by atoms with Crippen LogP contribution in [0.1, 0.15) is 42.6 Å². The molecule has 0 bridgehead atoms. The maximum atomic E-state index is 12.7. The SMILES string of the molecule is CCCN(CCC)C(=O)c1ccnc(Nc2cccc(C)c2)c1. The number of amides is 1. The van der Waals surface area contributed by atoms with Crippen molar-refractivity contribution < 1.29 is 4.79 Å². The molecule has 1 amide bonds. The second kappa shape index (κ2) is 8.32. The van der Waals surface area contributed by atoms with Gasteiger partial charge in [0.15, 0.2) is 0 Å². The van der Waals surface area contributed by atoms with Crippen molar-refractivity contribution in [3.8, 4) is 0 Å². The molecule has 122 valence electrons. The van der Waals surface area contributed by atoms with Crippen LogP contribution in [0, 0.1) is 6.92 Å². The number of nitrogens with one attached hydrogen (secondary N) is 1. The molecule has 0 aliphatic carbocycles. The number of anilines is 2. The Kier molecular flexibility index (Phi) is 6.15. The quantitative estimate of drug-likeness (QED) is 0.824. The fourth-order valence-electron chi connectivity index (χ4n) is 2.54. The van der Waals surface area contributed by atoms with Crippen LogP contribution in [-0.4, -0.2) is 28.9 Å². The maximum absolute atomic E-state index is 12.7. The monoisotopic (exact) mass is 311 g/mol. The van der Waals surface area contributed by atoms with Crippen molar-refractivity contribution in [1.82, 2.24) is 9.88 Å². The Labute approximate surface area is 138 Å². The van der Waals surface area contributed by atoms with Crippen molar-refractivity contribution in [3.05, 3.63) is 53.7 Å². The zero-order valence-corrected chi connectivity index (χ0v) is 14.2. The molecule has 0 spiro atoms. The predicted molar refractivity (Wildman–Crippen MR) is 95.2 cm³/mol. The molecule has 1 N–H and O–H groups in total. The molecular weight excluding hydrogens is 286 g/mol. The molecule has 2 aromatic rings. The lowest BCUT2D eigenvalue weighted by molar-refractivity contribution is 0.0755. The van der Waals surface area contributed by atoms with Crippen LogP contribution in [0.2, 0.25) is 0 Å². The fourth-order valence-corrected chi connectivity index (χ4v) is 2.54. The van der Waals surface area contributed by atoms with Gasteiger partial charge in [0.05, 0.1) is 0 Å². The van der Waals surface area contributed by atoms with E-state index in [1.165, 1.54) is 5.56 Å². The van der Waals surface area contributed by atoms with Crippen LogP contribution in [0.4, 0.5) is 11.5 Å². The molecule has 0 radical (unpaired) electrons. The van der Waals surface area contributed by atoms with Crippen LogP contribution in [-0.2, 0) is 0 Å². The minimum Gasteiger partial charge on any atom is -0.340 e. The average Bonchev–Trinajstić information content (AvgIpc) is 2.54. The largest absolute Gasteiger partial charge is 0.340 e. The molecule has 1 aromatic carbocycles. The Morgan fingerprint density at radius 3 is 2.52 bits per heavy atom. The van der Waals surface area contributed by atoms with E-state index in [2.05, 4.69) is 30.2 Å². The highest BCUT2D eigenvalue weighted by atomic mass is 16.2. The average molecular weight is 311 g/mol. The lowest BCUT2D eigenvalue weighted by atomic mass is 10.2. The summed E-state index contributed by atoms with van der Waals surface area (Å²) in [6, 6.07) is 11.7. The first-order valence-electron chi connectivity index (χ1n) is 8.23. The van der Waals surface area contributed by atoms with Crippen molar-refractivity contribution in [2.45, 2.75) is 33.6 Å². The molecule has 4 heteroatoms. The van der Waals surface area contributed by atoms with Crippen molar-refractivity contribution in [1.29, 1.82) is 0 Å². The summed E-state index contributed by atoms with van der Waals surface area (Å²) >= 11 is 0. The van der Waals surface area contributed by atoms with Crippen LogP contribution in [0.5, 0.6) is 0 Å². The number of rotatable bonds is 7. The third kappa shape index (κ3) is 4.81. The number of aryl methyl sites for hydroxylation is 1. The number of carbonyl (C=O) groups is 1. The second-order valence-electron chi connectivity index (χ2n) is 5.72. The van der Waals surface area contributed by atoms with E-state index in [9.17, 15) is 4.79 Å². The molecular formula is C19H25N3O. The topological polar surface area (TPSA) is 45.2 Å². The molecule has 0 aliphatic rings. The van der Waals surface area contributed by atoms with Gasteiger partial charge < -0.3 is 10.2 Å². The molecule has 0 unspecified atom stereocenters. The molecule has 0 saturated heterocycles. The normalized spacial score (nSPS) is 10.4. The summed E-state index contributed by atoms with van der Waals surface area (Å²) in [4.78, 5) is 18.9. The Balaban J connectivity index is 2.16. The van der Waals surface area contributed by atoms with E-state index in [4.69, 9.17) is 0 Å². The third-order valence-electron chi connectivity index (χ3n) is 3.57. The minimum atomic E-state index is 0.0726. The van der Waals surface area contributed by atoms with Gasteiger partial charge in [0.1, 0.15) is 5.82 Å². The predicted octanol–water partition coefficient (Wildman–Crippen LogP) is 4.40. The highest BCUT2D eigenvalue weighted by Crippen LogP contribution is 2.17. The number of aromatic nitrogens is 1. The van der Waals surface area contributed by atoms with E-state index in [1.807, 2.05) is 36.1 Å². The van der Waals surface area contributed by atoms with Crippen molar-refractivity contribution in [2.24, 2.45) is 0 Å². The summed E-state index contributed by atoms with van der Waals surface area (Å²) in [7, 11) is 0. The van der Waals surface area contributed by atoms with Gasteiger partial charge >= 0.3 is 0 Å². The first kappa shape index (κ1) is 17.0. The van der Waals surface area contributed by atoms with Gasteiger partial charge in [0, 0.05) is 30.5 Å². The van der Waals surface area contributed by atoms with Gasteiger partial charge in [-0.15, -0.1) is 0 Å². The van der Waals surface area contributed by atoms with Crippen LogP contribution >= 0.6 is 0 Å².